The van der Waals surface area contributed by atoms with Crippen molar-refractivity contribution in [3.05, 3.63) is 0 Å². The van der Waals surface area contributed by atoms with Crippen molar-refractivity contribution in [1.82, 2.24) is 5.32 Å². The minimum absolute atomic E-state index is 0.171. The summed E-state index contributed by atoms with van der Waals surface area (Å²) in [5.74, 6) is -1.96. The maximum atomic E-state index is 11.8. The Labute approximate surface area is 107 Å². The number of aliphatic carboxylic acids is 1. The number of carboxylic acids is 1. The third-order valence-electron chi connectivity index (χ3n) is 3.15. The Morgan fingerprint density at radius 1 is 1.22 bits per heavy atom. The molecule has 2 N–H and O–H groups in total. The van der Waals surface area contributed by atoms with E-state index in [-0.39, 0.29) is 11.8 Å². The summed E-state index contributed by atoms with van der Waals surface area (Å²) >= 11 is 0. The Kier molecular flexibility index (Phi) is 6.67. The second kappa shape index (κ2) is 8.05. The molecule has 0 aromatic rings. The van der Waals surface area contributed by atoms with Crippen LogP contribution >= 0.6 is 0 Å². The summed E-state index contributed by atoms with van der Waals surface area (Å²) in [7, 11) is 1.59. The molecular formula is C12H21NO5. The third-order valence-corrected chi connectivity index (χ3v) is 3.15. The zero-order valence-electron chi connectivity index (χ0n) is 10.7. The summed E-state index contributed by atoms with van der Waals surface area (Å²) in [5.41, 5.74) is 0. The molecule has 2 atom stereocenters. The first kappa shape index (κ1) is 14.9. The first-order chi connectivity index (χ1) is 8.66. The molecule has 1 amide bonds. The van der Waals surface area contributed by atoms with E-state index in [0.717, 1.165) is 6.42 Å². The molecule has 0 aromatic heterocycles. The number of carboxylic acid groups (broad SMARTS) is 1. The number of ether oxygens (including phenoxy) is 2. The van der Waals surface area contributed by atoms with Gasteiger partial charge in [0.2, 0.25) is 5.91 Å². The van der Waals surface area contributed by atoms with Gasteiger partial charge in [0.1, 0.15) is 0 Å². The smallest absolute Gasteiger partial charge is 0.307 e. The monoisotopic (exact) mass is 259 g/mol. The summed E-state index contributed by atoms with van der Waals surface area (Å²) in [6, 6.07) is 0. The maximum absolute atomic E-state index is 11.8. The van der Waals surface area contributed by atoms with E-state index in [9.17, 15) is 9.59 Å². The van der Waals surface area contributed by atoms with Crippen molar-refractivity contribution < 1.29 is 24.2 Å². The van der Waals surface area contributed by atoms with Crippen LogP contribution in [0.2, 0.25) is 0 Å². The Balaban J connectivity index is 2.18. The van der Waals surface area contributed by atoms with E-state index in [0.29, 0.717) is 39.2 Å². The highest BCUT2D eigenvalue weighted by Crippen LogP contribution is 2.31. The van der Waals surface area contributed by atoms with E-state index >= 15 is 0 Å². The normalized spacial score (nSPS) is 22.9. The average molecular weight is 259 g/mol. The van der Waals surface area contributed by atoms with Gasteiger partial charge in [0, 0.05) is 13.7 Å². The quantitative estimate of drug-likeness (QED) is 0.611. The van der Waals surface area contributed by atoms with Gasteiger partial charge in [-0.25, -0.2) is 0 Å². The van der Waals surface area contributed by atoms with Gasteiger partial charge < -0.3 is 19.9 Å². The van der Waals surface area contributed by atoms with Crippen LogP contribution in [0.15, 0.2) is 0 Å². The highest BCUT2D eigenvalue weighted by molar-refractivity contribution is 5.85. The number of hydrogen-bond donors (Lipinski definition) is 2. The minimum atomic E-state index is -0.871. The molecule has 1 aliphatic rings. The van der Waals surface area contributed by atoms with Crippen LogP contribution in [0.3, 0.4) is 0 Å². The molecule has 0 aromatic carbocycles. The zero-order chi connectivity index (χ0) is 13.4. The molecule has 0 radical (unpaired) electrons. The third kappa shape index (κ3) is 4.62. The summed E-state index contributed by atoms with van der Waals surface area (Å²) in [6.07, 6.45) is 2.06. The fourth-order valence-corrected chi connectivity index (χ4v) is 2.19. The van der Waals surface area contributed by atoms with Crippen molar-refractivity contribution >= 4 is 11.9 Å². The SMILES string of the molecule is COCCOCCNC(=O)[C@@H]1CCC[C@@H]1C(=O)O. The van der Waals surface area contributed by atoms with Crippen LogP contribution in [0.1, 0.15) is 19.3 Å². The molecule has 0 heterocycles. The molecule has 0 unspecified atom stereocenters. The van der Waals surface area contributed by atoms with Gasteiger partial charge in [0.05, 0.1) is 31.7 Å². The molecular weight excluding hydrogens is 238 g/mol. The van der Waals surface area contributed by atoms with E-state index < -0.39 is 11.9 Å². The van der Waals surface area contributed by atoms with E-state index in [1.54, 1.807) is 7.11 Å². The van der Waals surface area contributed by atoms with Crippen LogP contribution in [0.25, 0.3) is 0 Å². The van der Waals surface area contributed by atoms with Crippen LogP contribution in [0.5, 0.6) is 0 Å². The van der Waals surface area contributed by atoms with Crippen molar-refractivity contribution in [1.29, 1.82) is 0 Å². The first-order valence-corrected chi connectivity index (χ1v) is 6.24. The lowest BCUT2D eigenvalue weighted by atomic mass is 9.95. The van der Waals surface area contributed by atoms with E-state index in [4.69, 9.17) is 14.6 Å². The molecule has 1 aliphatic carbocycles. The van der Waals surface area contributed by atoms with Crippen molar-refractivity contribution in [3.8, 4) is 0 Å². The zero-order valence-corrected chi connectivity index (χ0v) is 10.7. The van der Waals surface area contributed by atoms with Gasteiger partial charge in [-0.3, -0.25) is 9.59 Å². The molecule has 18 heavy (non-hydrogen) atoms. The predicted molar refractivity (Wildman–Crippen MR) is 64.2 cm³/mol. The molecule has 104 valence electrons. The second-order valence-electron chi connectivity index (χ2n) is 4.38. The molecule has 6 heteroatoms. The lowest BCUT2D eigenvalue weighted by molar-refractivity contribution is -0.146. The van der Waals surface area contributed by atoms with E-state index in [2.05, 4.69) is 5.32 Å². The second-order valence-corrected chi connectivity index (χ2v) is 4.38. The van der Waals surface area contributed by atoms with Gasteiger partial charge in [-0.1, -0.05) is 6.42 Å². The van der Waals surface area contributed by atoms with Gasteiger partial charge in [-0.15, -0.1) is 0 Å². The topological polar surface area (TPSA) is 84.9 Å². The van der Waals surface area contributed by atoms with Crippen LogP contribution in [0, 0.1) is 11.8 Å². The molecule has 1 rings (SSSR count). The summed E-state index contributed by atoms with van der Waals surface area (Å²) in [4.78, 5) is 22.7. The number of rotatable bonds is 8. The molecule has 0 aliphatic heterocycles. The van der Waals surface area contributed by atoms with Gasteiger partial charge in [0.15, 0.2) is 0 Å². The number of amides is 1. The minimum Gasteiger partial charge on any atom is -0.481 e. The summed E-state index contributed by atoms with van der Waals surface area (Å²) in [5, 5.41) is 11.7. The standard InChI is InChI=1S/C12H21NO5/c1-17-7-8-18-6-5-13-11(14)9-3-2-4-10(9)12(15)16/h9-10H,2-8H2,1H3,(H,13,14)(H,15,16)/t9-,10+/m1/s1. The largest absolute Gasteiger partial charge is 0.481 e. The first-order valence-electron chi connectivity index (χ1n) is 6.24. The summed E-state index contributed by atoms with van der Waals surface area (Å²) < 4.78 is 10.0. The molecule has 1 fully saturated rings. The molecule has 0 bridgehead atoms. The Bertz CT molecular complexity index is 282. The van der Waals surface area contributed by atoms with Crippen LogP contribution < -0.4 is 5.32 Å². The van der Waals surface area contributed by atoms with Gasteiger partial charge >= 0.3 is 5.97 Å². The highest BCUT2D eigenvalue weighted by atomic mass is 16.5. The number of carbonyl (C=O) groups excluding carboxylic acids is 1. The molecule has 1 saturated carbocycles. The fraction of sp³-hybridized carbons (Fsp3) is 0.833. The molecule has 6 nitrogen and oxygen atoms in total. The number of methoxy groups -OCH3 is 1. The van der Waals surface area contributed by atoms with Crippen molar-refractivity contribution in [3.63, 3.8) is 0 Å². The van der Waals surface area contributed by atoms with Crippen LogP contribution in [-0.2, 0) is 19.1 Å². The highest BCUT2D eigenvalue weighted by Gasteiger charge is 2.37. The maximum Gasteiger partial charge on any atom is 0.307 e. The van der Waals surface area contributed by atoms with Crippen molar-refractivity contribution in [2.45, 2.75) is 19.3 Å². The van der Waals surface area contributed by atoms with Gasteiger partial charge in [-0.05, 0) is 12.8 Å². The van der Waals surface area contributed by atoms with Gasteiger partial charge in [-0.2, -0.15) is 0 Å². The lowest BCUT2D eigenvalue weighted by Crippen LogP contribution is -2.37. The van der Waals surface area contributed by atoms with Crippen LogP contribution in [0.4, 0.5) is 0 Å². The lowest BCUT2D eigenvalue weighted by Gasteiger charge is -2.15. The number of carbonyl (C=O) groups is 2. The fourth-order valence-electron chi connectivity index (χ4n) is 2.19. The van der Waals surface area contributed by atoms with E-state index in [1.165, 1.54) is 0 Å². The number of hydrogen-bond acceptors (Lipinski definition) is 4. The summed E-state index contributed by atoms with van der Waals surface area (Å²) in [6.45, 7) is 1.84. The van der Waals surface area contributed by atoms with E-state index in [1.807, 2.05) is 0 Å². The molecule has 0 saturated heterocycles. The predicted octanol–water partition coefficient (Wildman–Crippen LogP) is 0.266. The Morgan fingerprint density at radius 3 is 2.61 bits per heavy atom. The van der Waals surface area contributed by atoms with Crippen LogP contribution in [-0.4, -0.2) is 50.5 Å². The van der Waals surface area contributed by atoms with Crippen molar-refractivity contribution in [2.24, 2.45) is 11.8 Å². The van der Waals surface area contributed by atoms with Crippen molar-refractivity contribution in [2.75, 3.05) is 33.5 Å². The Morgan fingerprint density at radius 2 is 1.94 bits per heavy atom. The molecule has 0 spiro atoms. The van der Waals surface area contributed by atoms with Gasteiger partial charge in [0.25, 0.3) is 0 Å². The number of nitrogens with one attached hydrogen (secondary N) is 1. The average Bonchev–Trinajstić information content (AvgIpc) is 2.82. The Hall–Kier alpha value is -1.14.